The maximum absolute atomic E-state index is 13.0. The first-order valence-electron chi connectivity index (χ1n) is 9.91. The molecule has 1 amide bonds. The number of rotatable bonds is 3. The number of aromatic nitrogens is 3. The Kier molecular flexibility index (Phi) is 4.04. The van der Waals surface area contributed by atoms with Gasteiger partial charge in [0.1, 0.15) is 17.4 Å². The summed E-state index contributed by atoms with van der Waals surface area (Å²) in [5.41, 5.74) is 4.01. The zero-order valence-corrected chi connectivity index (χ0v) is 16.4. The fourth-order valence-corrected chi connectivity index (χ4v) is 4.36. The zero-order valence-electron chi connectivity index (χ0n) is 16.4. The van der Waals surface area contributed by atoms with Gasteiger partial charge < -0.3 is 9.73 Å². The Morgan fingerprint density at radius 1 is 1.28 bits per heavy atom. The number of aryl methyl sites for hydroxylation is 2. The molecule has 7 heteroatoms. The first-order chi connectivity index (χ1) is 14.0. The number of carbonyl (C=O) groups is 1. The Hall–Kier alpha value is -3.35. The first-order valence-corrected chi connectivity index (χ1v) is 9.91. The van der Waals surface area contributed by atoms with E-state index in [1.54, 1.807) is 29.7 Å². The third kappa shape index (κ3) is 2.76. The van der Waals surface area contributed by atoms with E-state index in [1.165, 1.54) is 10.2 Å². The van der Waals surface area contributed by atoms with Gasteiger partial charge in [-0.05, 0) is 44.2 Å². The van der Waals surface area contributed by atoms with E-state index in [0.717, 1.165) is 30.3 Å². The van der Waals surface area contributed by atoms with Gasteiger partial charge >= 0.3 is 0 Å². The van der Waals surface area contributed by atoms with Crippen LogP contribution in [0.25, 0.3) is 16.6 Å². The predicted molar refractivity (Wildman–Crippen MR) is 109 cm³/mol. The summed E-state index contributed by atoms with van der Waals surface area (Å²) in [6.45, 7) is 3.53. The summed E-state index contributed by atoms with van der Waals surface area (Å²) < 4.78 is 8.45. The molecule has 2 atom stereocenters. The average Bonchev–Trinajstić information content (AvgIpc) is 3.32. The molecule has 0 radical (unpaired) electrons. The SMILES string of the molecule is Cc1nn([C@H](C)C(=O)N[C@H]2CCCc3ccccc32)c(=O)c2cc3occc3n12. The highest BCUT2D eigenvalue weighted by Crippen LogP contribution is 2.29. The molecule has 0 saturated carbocycles. The van der Waals surface area contributed by atoms with Gasteiger partial charge in [0.05, 0.1) is 17.8 Å². The van der Waals surface area contributed by atoms with Crippen molar-refractivity contribution < 1.29 is 9.21 Å². The van der Waals surface area contributed by atoms with E-state index in [4.69, 9.17) is 4.42 Å². The minimum Gasteiger partial charge on any atom is -0.463 e. The quantitative estimate of drug-likeness (QED) is 0.582. The largest absolute Gasteiger partial charge is 0.463 e. The second kappa shape index (κ2) is 6.62. The third-order valence-electron chi connectivity index (χ3n) is 5.86. The normalized spacial score (nSPS) is 17.4. The van der Waals surface area contributed by atoms with Crippen molar-refractivity contribution in [1.82, 2.24) is 19.5 Å². The number of hydrogen-bond donors (Lipinski definition) is 1. The number of hydrogen-bond acceptors (Lipinski definition) is 4. The Balaban J connectivity index is 1.48. The Morgan fingerprint density at radius 3 is 2.97 bits per heavy atom. The van der Waals surface area contributed by atoms with E-state index >= 15 is 0 Å². The summed E-state index contributed by atoms with van der Waals surface area (Å²) in [5, 5.41) is 7.55. The van der Waals surface area contributed by atoms with Crippen molar-refractivity contribution in [3.05, 3.63) is 70.0 Å². The second-order valence-electron chi connectivity index (χ2n) is 7.66. The summed E-state index contributed by atoms with van der Waals surface area (Å²) in [5.74, 6) is 0.416. The molecule has 0 unspecified atom stereocenters. The lowest BCUT2D eigenvalue weighted by molar-refractivity contribution is -0.125. The van der Waals surface area contributed by atoms with Gasteiger partial charge in [-0.15, -0.1) is 0 Å². The van der Waals surface area contributed by atoms with E-state index in [9.17, 15) is 9.59 Å². The van der Waals surface area contributed by atoms with Crippen molar-refractivity contribution in [2.75, 3.05) is 0 Å². The van der Waals surface area contributed by atoms with E-state index in [2.05, 4.69) is 22.5 Å². The molecule has 1 aromatic carbocycles. The highest BCUT2D eigenvalue weighted by molar-refractivity contribution is 5.83. The number of amides is 1. The predicted octanol–water partition coefficient (Wildman–Crippen LogP) is 3.31. The molecule has 1 aliphatic rings. The van der Waals surface area contributed by atoms with Crippen LogP contribution < -0.4 is 10.9 Å². The topological polar surface area (TPSA) is 81.5 Å². The van der Waals surface area contributed by atoms with Crippen LogP contribution >= 0.6 is 0 Å². The van der Waals surface area contributed by atoms with Crippen LogP contribution in [0.3, 0.4) is 0 Å². The van der Waals surface area contributed by atoms with Gasteiger partial charge in [-0.3, -0.25) is 14.0 Å². The van der Waals surface area contributed by atoms with Gasteiger partial charge in [-0.2, -0.15) is 5.10 Å². The van der Waals surface area contributed by atoms with Crippen molar-refractivity contribution in [3.8, 4) is 0 Å². The number of furan rings is 1. The highest BCUT2D eigenvalue weighted by Gasteiger charge is 2.26. The molecule has 7 nitrogen and oxygen atoms in total. The molecule has 0 fully saturated rings. The van der Waals surface area contributed by atoms with E-state index in [1.807, 2.05) is 19.1 Å². The summed E-state index contributed by atoms with van der Waals surface area (Å²) in [6.07, 6.45) is 4.54. The standard InChI is InChI=1S/C22H22N4O3/c1-13(21(27)23-17-9-5-7-15-6-3-4-8-16(15)17)26-22(28)19-12-20-18(10-11-29-20)25(19)14(2)24-26/h3-4,6,8,10-13,17H,5,7,9H2,1-2H3,(H,23,27)/t13-,17+/m1/s1. The number of nitrogens with one attached hydrogen (secondary N) is 1. The van der Waals surface area contributed by atoms with Crippen LogP contribution in [0.2, 0.25) is 0 Å². The van der Waals surface area contributed by atoms with Crippen LogP contribution in [0.1, 0.15) is 48.8 Å². The van der Waals surface area contributed by atoms with Gasteiger partial charge in [-0.1, -0.05) is 24.3 Å². The lowest BCUT2D eigenvalue weighted by atomic mass is 9.87. The molecule has 3 aromatic heterocycles. The van der Waals surface area contributed by atoms with Crippen LogP contribution in [0.4, 0.5) is 0 Å². The molecule has 5 rings (SSSR count). The van der Waals surface area contributed by atoms with Crippen LogP contribution in [-0.4, -0.2) is 20.1 Å². The molecule has 4 aromatic rings. The summed E-state index contributed by atoms with van der Waals surface area (Å²) in [4.78, 5) is 26.0. The summed E-state index contributed by atoms with van der Waals surface area (Å²) in [6, 6.07) is 11.0. The minimum atomic E-state index is -0.721. The third-order valence-corrected chi connectivity index (χ3v) is 5.86. The second-order valence-corrected chi connectivity index (χ2v) is 7.66. The van der Waals surface area contributed by atoms with Crippen molar-refractivity contribution in [2.45, 2.75) is 45.2 Å². The summed E-state index contributed by atoms with van der Waals surface area (Å²) in [7, 11) is 0. The molecule has 1 N–H and O–H groups in total. The Labute approximate surface area is 166 Å². The van der Waals surface area contributed by atoms with Crippen molar-refractivity contribution in [3.63, 3.8) is 0 Å². The zero-order chi connectivity index (χ0) is 20.1. The molecule has 148 valence electrons. The van der Waals surface area contributed by atoms with Gasteiger partial charge in [0.2, 0.25) is 5.91 Å². The maximum Gasteiger partial charge on any atom is 0.291 e. The fourth-order valence-electron chi connectivity index (χ4n) is 4.36. The molecule has 1 aliphatic carbocycles. The van der Waals surface area contributed by atoms with Gasteiger partial charge in [0.25, 0.3) is 5.56 Å². The average molecular weight is 390 g/mol. The van der Waals surface area contributed by atoms with E-state index in [-0.39, 0.29) is 17.5 Å². The minimum absolute atomic E-state index is 0.0360. The van der Waals surface area contributed by atoms with E-state index in [0.29, 0.717) is 16.9 Å². The lowest BCUT2D eigenvalue weighted by Gasteiger charge is -2.27. The molecule has 0 saturated heterocycles. The van der Waals surface area contributed by atoms with Gasteiger partial charge in [0, 0.05) is 12.1 Å². The van der Waals surface area contributed by atoms with Crippen LogP contribution in [0.5, 0.6) is 0 Å². The maximum atomic E-state index is 13.0. The Bertz CT molecular complexity index is 1300. The molecule has 0 spiro atoms. The van der Waals surface area contributed by atoms with Crippen LogP contribution in [0, 0.1) is 6.92 Å². The number of benzene rings is 1. The van der Waals surface area contributed by atoms with Crippen molar-refractivity contribution in [1.29, 1.82) is 0 Å². The summed E-state index contributed by atoms with van der Waals surface area (Å²) >= 11 is 0. The fraction of sp³-hybridized carbons (Fsp3) is 0.318. The molecule has 3 heterocycles. The number of carbonyl (C=O) groups excluding carboxylic acids is 1. The van der Waals surface area contributed by atoms with E-state index < -0.39 is 6.04 Å². The van der Waals surface area contributed by atoms with Gasteiger partial charge in [-0.25, -0.2) is 4.68 Å². The van der Waals surface area contributed by atoms with Crippen LogP contribution in [-0.2, 0) is 11.2 Å². The number of nitrogens with zero attached hydrogens (tertiary/aromatic N) is 3. The lowest BCUT2D eigenvalue weighted by Crippen LogP contribution is -2.40. The number of fused-ring (bicyclic) bond motifs is 4. The molecule has 0 bridgehead atoms. The Morgan fingerprint density at radius 2 is 2.10 bits per heavy atom. The first kappa shape index (κ1) is 17.7. The monoisotopic (exact) mass is 390 g/mol. The molecule has 0 aliphatic heterocycles. The molecular formula is C22H22N4O3. The van der Waals surface area contributed by atoms with Crippen LogP contribution in [0.15, 0.2) is 51.9 Å². The molecule has 29 heavy (non-hydrogen) atoms. The van der Waals surface area contributed by atoms with Crippen molar-refractivity contribution >= 4 is 22.5 Å². The van der Waals surface area contributed by atoms with Gasteiger partial charge in [0.15, 0.2) is 5.58 Å². The highest BCUT2D eigenvalue weighted by atomic mass is 16.3. The smallest absolute Gasteiger partial charge is 0.291 e. The van der Waals surface area contributed by atoms with Crippen molar-refractivity contribution in [2.24, 2.45) is 0 Å². The molecular weight excluding hydrogens is 368 g/mol.